The summed E-state index contributed by atoms with van der Waals surface area (Å²) in [7, 11) is 2.00. The molecule has 2 rings (SSSR count). The molecule has 1 saturated heterocycles. The molecule has 2 aliphatic rings. The molecule has 104 valence electrons. The van der Waals surface area contributed by atoms with E-state index >= 15 is 0 Å². The quantitative estimate of drug-likeness (QED) is 0.594. The van der Waals surface area contributed by atoms with Crippen LogP contribution in [0.15, 0.2) is 11.5 Å². The summed E-state index contributed by atoms with van der Waals surface area (Å²) in [5.74, 6) is -1.16. The van der Waals surface area contributed by atoms with Gasteiger partial charge in [-0.25, -0.2) is 0 Å². The summed E-state index contributed by atoms with van der Waals surface area (Å²) in [5.41, 5.74) is 0.0900. The molecule has 19 heavy (non-hydrogen) atoms. The van der Waals surface area contributed by atoms with E-state index in [0.29, 0.717) is 12.8 Å². The lowest BCUT2D eigenvalue weighted by molar-refractivity contribution is -0.158. The fourth-order valence-corrected chi connectivity index (χ4v) is 2.93. The zero-order chi connectivity index (χ0) is 14.2. The molecule has 2 heterocycles. The maximum absolute atomic E-state index is 12.0. The second-order valence-corrected chi connectivity index (χ2v) is 5.16. The zero-order valence-corrected chi connectivity index (χ0v) is 11.7. The lowest BCUT2D eigenvalue weighted by Gasteiger charge is -2.49. The van der Waals surface area contributed by atoms with Crippen LogP contribution in [0, 0.1) is 5.92 Å². The van der Waals surface area contributed by atoms with Crippen molar-refractivity contribution in [3.63, 3.8) is 0 Å². The third-order valence-corrected chi connectivity index (χ3v) is 3.73. The average Bonchev–Trinajstić information content (AvgIpc) is 2.35. The van der Waals surface area contributed by atoms with Crippen molar-refractivity contribution in [1.29, 1.82) is 0 Å². The predicted octanol–water partition coefficient (Wildman–Crippen LogP) is 0.732. The molecule has 6 nitrogen and oxygen atoms in total. The molecule has 0 aromatic heterocycles. The van der Waals surface area contributed by atoms with Crippen LogP contribution in [0.1, 0.15) is 26.2 Å². The Morgan fingerprint density at radius 1 is 1.53 bits per heavy atom. The van der Waals surface area contributed by atoms with Gasteiger partial charge in [0, 0.05) is 35.3 Å². The molecule has 0 saturated carbocycles. The summed E-state index contributed by atoms with van der Waals surface area (Å²) in [6.45, 7) is 1.28. The van der Waals surface area contributed by atoms with Gasteiger partial charge in [0.2, 0.25) is 5.91 Å². The molecule has 1 fully saturated rings. The second kappa shape index (κ2) is 5.39. The Morgan fingerprint density at radius 3 is 2.79 bits per heavy atom. The van der Waals surface area contributed by atoms with E-state index in [2.05, 4.69) is 4.52 Å². The van der Waals surface area contributed by atoms with Crippen LogP contribution in [0.4, 0.5) is 0 Å². The number of hydrogen-bond acceptors (Lipinski definition) is 5. The smallest absolute Gasteiger partial charge is 0.233 e. The summed E-state index contributed by atoms with van der Waals surface area (Å²) in [6.07, 6.45) is 1.07. The van der Waals surface area contributed by atoms with E-state index < -0.39 is 5.92 Å². The van der Waals surface area contributed by atoms with E-state index in [1.807, 2.05) is 9.47 Å². The van der Waals surface area contributed by atoms with Crippen LogP contribution in [0.2, 0.25) is 0 Å². The van der Waals surface area contributed by atoms with Crippen molar-refractivity contribution >= 4 is 26.9 Å². The van der Waals surface area contributed by atoms with Crippen molar-refractivity contribution in [3.8, 4) is 0 Å². The minimum Gasteiger partial charge on any atom is -0.510 e. The predicted molar refractivity (Wildman–Crippen MR) is 69.0 cm³/mol. The summed E-state index contributed by atoms with van der Waals surface area (Å²) in [4.78, 5) is 36.3. The van der Waals surface area contributed by atoms with Crippen molar-refractivity contribution < 1.29 is 24.0 Å². The molecule has 0 bridgehead atoms. The van der Waals surface area contributed by atoms with Gasteiger partial charge in [-0.1, -0.05) is 0 Å². The Kier molecular flexibility index (Phi) is 4.02. The Hall–Kier alpha value is -1.26. The van der Waals surface area contributed by atoms with Crippen LogP contribution >= 0.6 is 9.47 Å². The van der Waals surface area contributed by atoms with Crippen molar-refractivity contribution in [2.45, 2.75) is 32.2 Å². The van der Waals surface area contributed by atoms with Gasteiger partial charge < -0.3 is 14.5 Å². The topological polar surface area (TPSA) is 83.9 Å². The number of nitrogens with zero attached hydrogens (tertiary/aromatic N) is 1. The maximum atomic E-state index is 12.0. The Balaban J connectivity index is 2.11. The van der Waals surface area contributed by atoms with E-state index in [0.717, 1.165) is 0 Å². The van der Waals surface area contributed by atoms with E-state index in [1.54, 1.807) is 0 Å². The molecule has 2 unspecified atom stereocenters. The van der Waals surface area contributed by atoms with Crippen molar-refractivity contribution in [2.24, 2.45) is 5.92 Å². The fraction of sp³-hybridized carbons (Fsp3) is 0.583. The summed E-state index contributed by atoms with van der Waals surface area (Å²) >= 11 is 0. The third-order valence-electron chi connectivity index (χ3n) is 3.57. The Bertz CT molecular complexity index is 473. The van der Waals surface area contributed by atoms with Gasteiger partial charge in [0.1, 0.15) is 18.1 Å². The van der Waals surface area contributed by atoms with E-state index in [-0.39, 0.29) is 48.0 Å². The number of ketones is 2. The fourth-order valence-electron chi connectivity index (χ4n) is 2.75. The highest BCUT2D eigenvalue weighted by Crippen LogP contribution is 2.41. The minimum absolute atomic E-state index is 0.0323. The SMILES string of the molecule is CC(=O)C1=C(O)CCC2[C@H](CC(=O)COP)C(=O)N12. The van der Waals surface area contributed by atoms with Crippen molar-refractivity contribution in [3.05, 3.63) is 11.5 Å². The van der Waals surface area contributed by atoms with Crippen LogP contribution in [0.5, 0.6) is 0 Å². The van der Waals surface area contributed by atoms with Crippen molar-refractivity contribution in [2.75, 3.05) is 6.61 Å². The highest BCUT2D eigenvalue weighted by atomic mass is 31.0. The van der Waals surface area contributed by atoms with Crippen LogP contribution in [0.25, 0.3) is 0 Å². The van der Waals surface area contributed by atoms with Gasteiger partial charge in [0.25, 0.3) is 0 Å². The van der Waals surface area contributed by atoms with Crippen LogP contribution in [-0.2, 0) is 18.9 Å². The van der Waals surface area contributed by atoms with E-state index in [4.69, 9.17) is 0 Å². The van der Waals surface area contributed by atoms with Gasteiger partial charge in [-0.15, -0.1) is 0 Å². The first-order chi connectivity index (χ1) is 8.97. The zero-order valence-electron chi connectivity index (χ0n) is 10.6. The molecule has 0 spiro atoms. The molecule has 0 radical (unpaired) electrons. The molecule has 1 N–H and O–H groups in total. The number of carbonyl (C=O) groups excluding carboxylic acids is 3. The standard InChI is InChI=1S/C12H16NO5P/c1-6(14)11-10(16)3-2-9-8(12(17)13(9)11)4-7(15)5-18-19/h8-9,16H,2-5,19H2,1H3/t8-,9?/m0/s1. The highest BCUT2D eigenvalue weighted by Gasteiger charge is 2.52. The van der Waals surface area contributed by atoms with Crippen molar-refractivity contribution in [1.82, 2.24) is 4.90 Å². The van der Waals surface area contributed by atoms with Gasteiger partial charge in [0.05, 0.1) is 5.92 Å². The van der Waals surface area contributed by atoms with Gasteiger partial charge >= 0.3 is 0 Å². The van der Waals surface area contributed by atoms with Gasteiger partial charge in [0.15, 0.2) is 11.6 Å². The molecule has 0 aliphatic carbocycles. The van der Waals surface area contributed by atoms with Gasteiger partial charge in [-0.3, -0.25) is 14.4 Å². The number of allylic oxidation sites excluding steroid dienone is 2. The summed E-state index contributed by atoms with van der Waals surface area (Å²) < 4.78 is 4.66. The summed E-state index contributed by atoms with van der Waals surface area (Å²) in [5, 5.41) is 9.71. The van der Waals surface area contributed by atoms with Crippen LogP contribution in [-0.4, -0.2) is 40.1 Å². The molecule has 7 heteroatoms. The minimum atomic E-state index is -0.393. The normalized spacial score (nSPS) is 26.0. The number of carbonyl (C=O) groups is 3. The molecule has 0 aromatic carbocycles. The number of aliphatic hydroxyl groups excluding tert-OH is 1. The number of fused-ring (bicyclic) bond motifs is 1. The number of amides is 1. The number of aliphatic hydroxyl groups is 1. The van der Waals surface area contributed by atoms with E-state index in [1.165, 1.54) is 11.8 Å². The Labute approximate surface area is 113 Å². The number of Topliss-reactive ketones (excluding diaryl/α,β-unsaturated/α-hetero) is 2. The summed E-state index contributed by atoms with van der Waals surface area (Å²) in [6, 6.07) is -0.157. The van der Waals surface area contributed by atoms with Gasteiger partial charge in [-0.2, -0.15) is 0 Å². The second-order valence-electron chi connectivity index (χ2n) is 4.83. The Morgan fingerprint density at radius 2 is 2.21 bits per heavy atom. The molecule has 1 amide bonds. The largest absolute Gasteiger partial charge is 0.510 e. The monoisotopic (exact) mass is 285 g/mol. The number of β-lactam (4-membered cyclic amide) rings is 1. The van der Waals surface area contributed by atoms with Crippen LogP contribution in [0.3, 0.4) is 0 Å². The lowest BCUT2D eigenvalue weighted by atomic mass is 9.77. The molecular formula is C12H16NO5P. The first-order valence-corrected chi connectivity index (χ1v) is 6.54. The maximum Gasteiger partial charge on any atom is 0.233 e. The number of hydrogen-bond donors (Lipinski definition) is 1. The lowest BCUT2D eigenvalue weighted by Crippen LogP contribution is -2.63. The first-order valence-electron chi connectivity index (χ1n) is 6.06. The molecule has 3 atom stereocenters. The molecular weight excluding hydrogens is 269 g/mol. The molecule has 0 aromatic rings. The number of rotatable bonds is 5. The third kappa shape index (κ3) is 2.42. The van der Waals surface area contributed by atoms with E-state index in [9.17, 15) is 19.5 Å². The first kappa shape index (κ1) is 14.2. The highest BCUT2D eigenvalue weighted by molar-refractivity contribution is 7.09. The van der Waals surface area contributed by atoms with Gasteiger partial charge in [-0.05, 0) is 6.42 Å². The average molecular weight is 285 g/mol. The molecule has 2 aliphatic heterocycles. The van der Waals surface area contributed by atoms with Crippen LogP contribution < -0.4 is 0 Å².